The number of benzene rings is 1. The molecule has 4 nitrogen and oxygen atoms in total. The first-order chi connectivity index (χ1) is 8.18. The maximum absolute atomic E-state index is 9.80. The van der Waals surface area contributed by atoms with Crippen molar-refractivity contribution in [3.05, 3.63) is 46.5 Å². The van der Waals surface area contributed by atoms with E-state index in [1.54, 1.807) is 6.20 Å². The molecule has 17 heavy (non-hydrogen) atoms. The number of imidazole rings is 1. The SMILES string of the molecule is Cn1ccnc1CNCc1cccc(Br)c1O. The first-order valence-electron chi connectivity index (χ1n) is 5.31. The number of hydrogen-bond donors (Lipinski definition) is 2. The zero-order valence-electron chi connectivity index (χ0n) is 9.52. The van der Waals surface area contributed by atoms with Gasteiger partial charge in [0.15, 0.2) is 0 Å². The van der Waals surface area contributed by atoms with Gasteiger partial charge in [-0.1, -0.05) is 12.1 Å². The molecule has 0 aliphatic heterocycles. The normalized spacial score (nSPS) is 10.7. The van der Waals surface area contributed by atoms with Crippen molar-refractivity contribution in [1.29, 1.82) is 0 Å². The predicted octanol–water partition coefficient (Wildman–Crippen LogP) is 2.18. The second kappa shape index (κ2) is 5.33. The lowest BCUT2D eigenvalue weighted by molar-refractivity contribution is 0.460. The molecule has 0 aliphatic carbocycles. The average molecular weight is 296 g/mol. The number of nitrogens with zero attached hydrogens (tertiary/aromatic N) is 2. The minimum absolute atomic E-state index is 0.292. The molecular weight excluding hydrogens is 282 g/mol. The summed E-state index contributed by atoms with van der Waals surface area (Å²) in [4.78, 5) is 4.22. The molecule has 90 valence electrons. The quantitative estimate of drug-likeness (QED) is 0.909. The van der Waals surface area contributed by atoms with E-state index in [1.807, 2.05) is 36.0 Å². The lowest BCUT2D eigenvalue weighted by Gasteiger charge is -2.08. The highest BCUT2D eigenvalue weighted by Gasteiger charge is 2.04. The number of phenolic OH excluding ortho intramolecular Hbond substituents is 1. The Bertz CT molecular complexity index is 510. The molecule has 0 spiro atoms. The molecule has 0 atom stereocenters. The Balaban J connectivity index is 1.95. The van der Waals surface area contributed by atoms with Gasteiger partial charge in [-0.05, 0) is 22.0 Å². The summed E-state index contributed by atoms with van der Waals surface area (Å²) in [5, 5.41) is 13.1. The lowest BCUT2D eigenvalue weighted by atomic mass is 10.2. The van der Waals surface area contributed by atoms with E-state index in [9.17, 15) is 5.11 Å². The van der Waals surface area contributed by atoms with Crippen LogP contribution in [0.3, 0.4) is 0 Å². The number of para-hydroxylation sites is 1. The lowest BCUT2D eigenvalue weighted by Crippen LogP contribution is -2.15. The Morgan fingerprint density at radius 2 is 2.24 bits per heavy atom. The summed E-state index contributed by atoms with van der Waals surface area (Å²) in [7, 11) is 1.96. The van der Waals surface area contributed by atoms with Gasteiger partial charge in [0.2, 0.25) is 0 Å². The van der Waals surface area contributed by atoms with Gasteiger partial charge in [-0.2, -0.15) is 0 Å². The largest absolute Gasteiger partial charge is 0.506 e. The molecule has 0 saturated carbocycles. The smallest absolute Gasteiger partial charge is 0.134 e. The van der Waals surface area contributed by atoms with Gasteiger partial charge in [-0.3, -0.25) is 0 Å². The fourth-order valence-electron chi connectivity index (χ4n) is 1.58. The highest BCUT2D eigenvalue weighted by molar-refractivity contribution is 9.10. The van der Waals surface area contributed by atoms with Crippen LogP contribution in [0, 0.1) is 0 Å². The van der Waals surface area contributed by atoms with Gasteiger partial charge in [-0.25, -0.2) is 4.98 Å². The van der Waals surface area contributed by atoms with Gasteiger partial charge >= 0.3 is 0 Å². The van der Waals surface area contributed by atoms with Crippen molar-refractivity contribution in [2.45, 2.75) is 13.1 Å². The minimum Gasteiger partial charge on any atom is -0.506 e. The second-order valence-corrected chi connectivity index (χ2v) is 4.66. The standard InChI is InChI=1S/C12H14BrN3O/c1-16-6-5-15-11(16)8-14-7-9-3-2-4-10(13)12(9)17/h2-6,14,17H,7-8H2,1H3. The van der Waals surface area contributed by atoms with Gasteiger partial charge in [0, 0.05) is 31.5 Å². The topological polar surface area (TPSA) is 50.1 Å². The van der Waals surface area contributed by atoms with Gasteiger partial charge in [0.1, 0.15) is 11.6 Å². The van der Waals surface area contributed by atoms with Crippen molar-refractivity contribution in [2.24, 2.45) is 7.05 Å². The van der Waals surface area contributed by atoms with Crippen molar-refractivity contribution in [2.75, 3.05) is 0 Å². The monoisotopic (exact) mass is 295 g/mol. The third-order valence-electron chi connectivity index (χ3n) is 2.59. The Morgan fingerprint density at radius 3 is 2.94 bits per heavy atom. The Morgan fingerprint density at radius 1 is 1.41 bits per heavy atom. The van der Waals surface area contributed by atoms with Crippen LogP contribution in [0.4, 0.5) is 0 Å². The molecule has 1 heterocycles. The minimum atomic E-state index is 0.292. The summed E-state index contributed by atoms with van der Waals surface area (Å²) in [6.45, 7) is 1.29. The molecule has 0 radical (unpaired) electrons. The van der Waals surface area contributed by atoms with Crippen molar-refractivity contribution in [1.82, 2.24) is 14.9 Å². The van der Waals surface area contributed by atoms with Crippen LogP contribution in [0.2, 0.25) is 0 Å². The fourth-order valence-corrected chi connectivity index (χ4v) is 1.99. The molecule has 2 rings (SSSR count). The van der Waals surface area contributed by atoms with Crippen molar-refractivity contribution in [3.63, 3.8) is 0 Å². The number of aromatic hydroxyl groups is 1. The van der Waals surface area contributed by atoms with Gasteiger partial charge in [0.05, 0.1) is 11.0 Å². The molecule has 2 aromatic rings. The number of aromatic nitrogens is 2. The highest BCUT2D eigenvalue weighted by Crippen LogP contribution is 2.27. The number of halogens is 1. The molecule has 0 bridgehead atoms. The number of nitrogens with one attached hydrogen (secondary N) is 1. The zero-order valence-corrected chi connectivity index (χ0v) is 11.1. The molecular formula is C12H14BrN3O. The van der Waals surface area contributed by atoms with Gasteiger partial charge in [-0.15, -0.1) is 0 Å². The van der Waals surface area contributed by atoms with Crippen LogP contribution in [0.15, 0.2) is 35.1 Å². The van der Waals surface area contributed by atoms with Crippen LogP contribution in [-0.2, 0) is 20.1 Å². The summed E-state index contributed by atoms with van der Waals surface area (Å²) in [6, 6.07) is 5.62. The van der Waals surface area contributed by atoms with E-state index in [4.69, 9.17) is 0 Å². The Kier molecular flexibility index (Phi) is 3.81. The van der Waals surface area contributed by atoms with Crippen LogP contribution in [-0.4, -0.2) is 14.7 Å². The molecule has 5 heteroatoms. The fraction of sp³-hybridized carbons (Fsp3) is 0.250. The van der Waals surface area contributed by atoms with Crippen molar-refractivity contribution >= 4 is 15.9 Å². The van der Waals surface area contributed by atoms with Crippen molar-refractivity contribution in [3.8, 4) is 5.75 Å². The predicted molar refractivity (Wildman–Crippen MR) is 69.6 cm³/mol. The van der Waals surface area contributed by atoms with Gasteiger partial charge < -0.3 is 15.0 Å². The first kappa shape index (κ1) is 12.1. The Hall–Kier alpha value is -1.33. The van der Waals surface area contributed by atoms with Crippen LogP contribution < -0.4 is 5.32 Å². The maximum atomic E-state index is 9.80. The van der Waals surface area contributed by atoms with E-state index in [2.05, 4.69) is 26.2 Å². The van der Waals surface area contributed by atoms with E-state index in [-0.39, 0.29) is 0 Å². The summed E-state index contributed by atoms with van der Waals surface area (Å²) < 4.78 is 2.68. The summed E-state index contributed by atoms with van der Waals surface area (Å²) in [5.74, 6) is 1.26. The van der Waals surface area contributed by atoms with E-state index < -0.39 is 0 Å². The third-order valence-corrected chi connectivity index (χ3v) is 3.23. The van der Waals surface area contributed by atoms with Crippen molar-refractivity contribution < 1.29 is 5.11 Å². The summed E-state index contributed by atoms with van der Waals surface area (Å²) >= 11 is 3.29. The molecule has 1 aromatic carbocycles. The number of rotatable bonds is 4. The zero-order chi connectivity index (χ0) is 12.3. The van der Waals surface area contributed by atoms with Gasteiger partial charge in [0.25, 0.3) is 0 Å². The first-order valence-corrected chi connectivity index (χ1v) is 6.11. The van der Waals surface area contributed by atoms with E-state index in [1.165, 1.54) is 0 Å². The number of hydrogen-bond acceptors (Lipinski definition) is 3. The molecule has 0 fully saturated rings. The van der Waals surface area contributed by atoms with E-state index in [0.29, 0.717) is 23.3 Å². The molecule has 0 aliphatic rings. The number of phenols is 1. The highest BCUT2D eigenvalue weighted by atomic mass is 79.9. The van der Waals surface area contributed by atoms with E-state index in [0.717, 1.165) is 11.4 Å². The summed E-state index contributed by atoms with van der Waals surface area (Å²) in [6.07, 6.45) is 3.68. The van der Waals surface area contributed by atoms with E-state index >= 15 is 0 Å². The number of aryl methyl sites for hydroxylation is 1. The average Bonchev–Trinajstić information content (AvgIpc) is 2.71. The summed E-state index contributed by atoms with van der Waals surface area (Å²) in [5.41, 5.74) is 0.869. The van der Waals surface area contributed by atoms with Crippen LogP contribution in [0.5, 0.6) is 5.75 Å². The molecule has 0 saturated heterocycles. The van der Waals surface area contributed by atoms with Crippen LogP contribution >= 0.6 is 15.9 Å². The third kappa shape index (κ3) is 2.87. The maximum Gasteiger partial charge on any atom is 0.134 e. The Labute approximate surface area is 108 Å². The second-order valence-electron chi connectivity index (χ2n) is 3.81. The van der Waals surface area contributed by atoms with Crippen LogP contribution in [0.1, 0.15) is 11.4 Å². The molecule has 0 amide bonds. The molecule has 1 aromatic heterocycles. The van der Waals surface area contributed by atoms with Crippen LogP contribution in [0.25, 0.3) is 0 Å². The molecule has 0 unspecified atom stereocenters. The molecule has 2 N–H and O–H groups in total.